The lowest BCUT2D eigenvalue weighted by molar-refractivity contribution is -0.132. The smallest absolute Gasteiger partial charge is 0.345 e. The largest absolute Gasteiger partial charge is 0.377 e. The second kappa shape index (κ2) is 8.47. The van der Waals surface area contributed by atoms with Crippen LogP contribution in [-0.4, -0.2) is 70.5 Å². The van der Waals surface area contributed by atoms with Crippen molar-refractivity contribution < 1.29 is 14.3 Å². The molecule has 0 saturated carbocycles. The molecule has 146 valence electrons. The molecule has 3 heterocycles. The fraction of sp³-hybridized carbons (Fsp3) is 0.579. The van der Waals surface area contributed by atoms with E-state index in [1.165, 1.54) is 0 Å². The molecule has 8 nitrogen and oxygen atoms in total. The van der Waals surface area contributed by atoms with Gasteiger partial charge in [0, 0.05) is 31.7 Å². The van der Waals surface area contributed by atoms with Crippen molar-refractivity contribution in [2.45, 2.75) is 32.7 Å². The van der Waals surface area contributed by atoms with Crippen molar-refractivity contribution in [3.8, 4) is 0 Å². The molecule has 2 aliphatic heterocycles. The van der Waals surface area contributed by atoms with Crippen LogP contribution in [-0.2, 0) is 16.0 Å². The Bertz CT molecular complexity index is 778. The van der Waals surface area contributed by atoms with Crippen molar-refractivity contribution in [3.05, 3.63) is 40.1 Å². The molecule has 3 rings (SSSR count). The van der Waals surface area contributed by atoms with Gasteiger partial charge in [0.15, 0.2) is 0 Å². The molecule has 0 aromatic carbocycles. The van der Waals surface area contributed by atoms with Crippen molar-refractivity contribution >= 4 is 11.8 Å². The third-order valence-electron chi connectivity index (χ3n) is 4.72. The van der Waals surface area contributed by atoms with E-state index in [0.717, 1.165) is 0 Å². The van der Waals surface area contributed by atoms with Crippen LogP contribution in [0.25, 0.3) is 0 Å². The number of nitrogens with one attached hydrogen (secondary N) is 1. The van der Waals surface area contributed by atoms with E-state index < -0.39 is 5.69 Å². The van der Waals surface area contributed by atoms with Crippen molar-refractivity contribution in [3.63, 3.8) is 0 Å². The SMILES string of the molecule is CC(C)Cc1cc(C(=O)N2CCOC[C@H]2CC(=O)N2CC=CC2)nc(=O)[nH]1. The van der Waals surface area contributed by atoms with Gasteiger partial charge in [0.05, 0.1) is 19.3 Å². The summed E-state index contributed by atoms with van der Waals surface area (Å²) in [5.74, 6) is 0.00764. The first kappa shape index (κ1) is 19.3. The maximum absolute atomic E-state index is 13.0. The minimum Gasteiger partial charge on any atom is -0.377 e. The van der Waals surface area contributed by atoms with Gasteiger partial charge in [-0.15, -0.1) is 0 Å². The van der Waals surface area contributed by atoms with E-state index in [4.69, 9.17) is 4.74 Å². The molecule has 0 aliphatic carbocycles. The summed E-state index contributed by atoms with van der Waals surface area (Å²) in [5, 5.41) is 0. The number of hydrogen-bond donors (Lipinski definition) is 1. The summed E-state index contributed by atoms with van der Waals surface area (Å²) in [7, 11) is 0. The highest BCUT2D eigenvalue weighted by Gasteiger charge is 2.32. The standard InChI is InChI=1S/C19H26N4O4/c1-13(2)9-14-10-16(21-19(26)20-14)18(25)23-7-8-27-12-15(23)11-17(24)22-5-3-4-6-22/h3-4,10,13,15H,5-9,11-12H2,1-2H3,(H,20,21,26)/t15-/m1/s1. The molecule has 0 bridgehead atoms. The Morgan fingerprint density at radius 2 is 2.07 bits per heavy atom. The Morgan fingerprint density at radius 3 is 2.78 bits per heavy atom. The zero-order valence-electron chi connectivity index (χ0n) is 15.8. The van der Waals surface area contributed by atoms with Crippen LogP contribution in [0.5, 0.6) is 0 Å². The molecule has 0 unspecified atom stereocenters. The fourth-order valence-corrected chi connectivity index (χ4v) is 3.42. The second-order valence-corrected chi connectivity index (χ2v) is 7.40. The number of morpholine rings is 1. The lowest BCUT2D eigenvalue weighted by Gasteiger charge is -2.35. The summed E-state index contributed by atoms with van der Waals surface area (Å²) in [6, 6.07) is 1.29. The third kappa shape index (κ3) is 4.82. The van der Waals surface area contributed by atoms with Gasteiger partial charge in [0.1, 0.15) is 5.69 Å². The van der Waals surface area contributed by atoms with E-state index in [0.29, 0.717) is 50.9 Å². The first-order valence-corrected chi connectivity index (χ1v) is 9.35. The van der Waals surface area contributed by atoms with E-state index in [-0.39, 0.29) is 30.0 Å². The summed E-state index contributed by atoms with van der Waals surface area (Å²) < 4.78 is 5.49. The van der Waals surface area contributed by atoms with Gasteiger partial charge >= 0.3 is 5.69 Å². The molecule has 1 aromatic heterocycles. The molecule has 0 spiro atoms. The number of carbonyl (C=O) groups excluding carboxylic acids is 2. The predicted octanol–water partition coefficient (Wildman–Crippen LogP) is 0.598. The zero-order chi connectivity index (χ0) is 19.4. The summed E-state index contributed by atoms with van der Waals surface area (Å²) in [4.78, 5) is 47.3. The van der Waals surface area contributed by atoms with E-state index >= 15 is 0 Å². The monoisotopic (exact) mass is 374 g/mol. The number of carbonyl (C=O) groups is 2. The molecule has 1 saturated heterocycles. The number of aromatic amines is 1. The number of rotatable bonds is 5. The van der Waals surface area contributed by atoms with Gasteiger partial charge in [-0.1, -0.05) is 26.0 Å². The molecule has 0 radical (unpaired) electrons. The Morgan fingerprint density at radius 1 is 1.33 bits per heavy atom. The Balaban J connectivity index is 1.75. The highest BCUT2D eigenvalue weighted by molar-refractivity contribution is 5.93. The van der Waals surface area contributed by atoms with Crippen LogP contribution >= 0.6 is 0 Å². The highest BCUT2D eigenvalue weighted by Crippen LogP contribution is 2.16. The van der Waals surface area contributed by atoms with Crippen molar-refractivity contribution in [1.29, 1.82) is 0 Å². The summed E-state index contributed by atoms with van der Waals surface area (Å²) in [6.07, 6.45) is 4.77. The quantitative estimate of drug-likeness (QED) is 0.762. The van der Waals surface area contributed by atoms with Gasteiger partial charge < -0.3 is 19.5 Å². The van der Waals surface area contributed by atoms with Gasteiger partial charge in [-0.2, -0.15) is 4.98 Å². The van der Waals surface area contributed by atoms with Gasteiger partial charge in [-0.05, 0) is 18.4 Å². The first-order chi connectivity index (χ1) is 12.9. The van der Waals surface area contributed by atoms with Crippen LogP contribution in [0.4, 0.5) is 0 Å². The average molecular weight is 374 g/mol. The molecule has 1 fully saturated rings. The average Bonchev–Trinajstić information content (AvgIpc) is 3.15. The fourth-order valence-electron chi connectivity index (χ4n) is 3.42. The maximum atomic E-state index is 13.0. The summed E-state index contributed by atoms with van der Waals surface area (Å²) in [5.41, 5.74) is 0.287. The molecule has 1 N–H and O–H groups in total. The third-order valence-corrected chi connectivity index (χ3v) is 4.72. The van der Waals surface area contributed by atoms with E-state index in [1.54, 1.807) is 15.9 Å². The minimum absolute atomic E-state index is 0.00679. The number of ether oxygens (including phenoxy) is 1. The van der Waals surface area contributed by atoms with Crippen LogP contribution in [0.15, 0.2) is 23.0 Å². The van der Waals surface area contributed by atoms with E-state index in [9.17, 15) is 14.4 Å². The molecular formula is C19H26N4O4. The van der Waals surface area contributed by atoms with Crippen LogP contribution in [0.3, 0.4) is 0 Å². The second-order valence-electron chi connectivity index (χ2n) is 7.40. The van der Waals surface area contributed by atoms with E-state index in [1.807, 2.05) is 26.0 Å². The molecule has 1 aromatic rings. The number of amides is 2. The number of nitrogens with zero attached hydrogens (tertiary/aromatic N) is 3. The normalized spacial score (nSPS) is 19.7. The zero-order valence-corrected chi connectivity index (χ0v) is 15.8. The molecular weight excluding hydrogens is 348 g/mol. The van der Waals surface area contributed by atoms with E-state index in [2.05, 4.69) is 9.97 Å². The van der Waals surface area contributed by atoms with Crippen LogP contribution in [0.2, 0.25) is 0 Å². The summed E-state index contributed by atoms with van der Waals surface area (Å²) >= 11 is 0. The van der Waals surface area contributed by atoms with Gasteiger partial charge in [0.25, 0.3) is 5.91 Å². The number of hydrogen-bond acceptors (Lipinski definition) is 5. The van der Waals surface area contributed by atoms with Gasteiger partial charge in [-0.25, -0.2) is 4.79 Å². The first-order valence-electron chi connectivity index (χ1n) is 9.35. The van der Waals surface area contributed by atoms with Crippen molar-refractivity contribution in [2.24, 2.45) is 5.92 Å². The lowest BCUT2D eigenvalue weighted by atomic mass is 10.1. The summed E-state index contributed by atoms with van der Waals surface area (Å²) in [6.45, 7) is 6.38. The number of H-pyrrole nitrogens is 1. The Hall–Kier alpha value is -2.48. The molecule has 2 amide bonds. The van der Waals surface area contributed by atoms with Crippen LogP contribution in [0, 0.1) is 5.92 Å². The molecule has 8 heteroatoms. The number of aromatic nitrogens is 2. The van der Waals surface area contributed by atoms with Gasteiger partial charge in [0.2, 0.25) is 5.91 Å². The van der Waals surface area contributed by atoms with Crippen LogP contribution < -0.4 is 5.69 Å². The van der Waals surface area contributed by atoms with Crippen molar-refractivity contribution in [1.82, 2.24) is 19.8 Å². The Labute approximate surface area is 158 Å². The Kier molecular flexibility index (Phi) is 6.05. The topological polar surface area (TPSA) is 95.6 Å². The molecule has 1 atom stereocenters. The highest BCUT2D eigenvalue weighted by atomic mass is 16.5. The van der Waals surface area contributed by atoms with Crippen LogP contribution in [0.1, 0.15) is 36.5 Å². The lowest BCUT2D eigenvalue weighted by Crippen LogP contribution is -2.51. The van der Waals surface area contributed by atoms with Gasteiger partial charge in [-0.3, -0.25) is 9.59 Å². The molecule has 27 heavy (non-hydrogen) atoms. The predicted molar refractivity (Wildman–Crippen MR) is 99.4 cm³/mol. The maximum Gasteiger partial charge on any atom is 0.345 e. The molecule has 2 aliphatic rings. The minimum atomic E-state index is -0.527. The van der Waals surface area contributed by atoms with Crippen molar-refractivity contribution in [2.75, 3.05) is 32.8 Å².